The lowest BCUT2D eigenvalue weighted by Crippen LogP contribution is -2.54. The molecule has 1 aliphatic rings. The number of likely N-dealkylation sites (tertiary alicyclic amines) is 1. The molecule has 72 valence electrons. The second-order valence-corrected chi connectivity index (χ2v) is 4.67. The van der Waals surface area contributed by atoms with E-state index in [0.717, 1.165) is 6.54 Å². The molecule has 1 rings (SSSR count). The van der Waals surface area contributed by atoms with Crippen LogP contribution in [0.25, 0.3) is 0 Å². The lowest BCUT2D eigenvalue weighted by Gasteiger charge is -2.41. The zero-order chi connectivity index (χ0) is 9.35. The quantitative estimate of drug-likeness (QED) is 0.597. The molecule has 0 saturated carbocycles. The largest absolute Gasteiger partial charge is 0.326 e. The van der Waals surface area contributed by atoms with E-state index in [1.165, 1.54) is 0 Å². The zero-order valence-electron chi connectivity index (χ0n) is 8.18. The van der Waals surface area contributed by atoms with E-state index >= 15 is 0 Å². The minimum Gasteiger partial charge on any atom is -0.326 e. The zero-order valence-corrected chi connectivity index (χ0v) is 8.18. The van der Waals surface area contributed by atoms with Crippen molar-refractivity contribution < 1.29 is 4.39 Å². The summed E-state index contributed by atoms with van der Waals surface area (Å²) in [6, 6.07) is 0.00738. The second kappa shape index (κ2) is 3.30. The van der Waals surface area contributed by atoms with Gasteiger partial charge < -0.3 is 5.73 Å². The summed E-state index contributed by atoms with van der Waals surface area (Å²) in [7, 11) is 0. The first kappa shape index (κ1) is 9.93. The van der Waals surface area contributed by atoms with Gasteiger partial charge in [-0.05, 0) is 27.2 Å². The van der Waals surface area contributed by atoms with E-state index in [1.807, 2.05) is 0 Å². The van der Waals surface area contributed by atoms with Gasteiger partial charge in [-0.1, -0.05) is 0 Å². The summed E-state index contributed by atoms with van der Waals surface area (Å²) in [5, 5.41) is 0. The van der Waals surface area contributed by atoms with Crippen LogP contribution in [-0.4, -0.2) is 35.7 Å². The van der Waals surface area contributed by atoms with Crippen LogP contribution in [0.5, 0.6) is 0 Å². The highest BCUT2D eigenvalue weighted by molar-refractivity contribution is 4.87. The van der Waals surface area contributed by atoms with Gasteiger partial charge in [-0.2, -0.15) is 0 Å². The Hall–Kier alpha value is -0.150. The van der Waals surface area contributed by atoms with Crippen molar-refractivity contribution >= 4 is 0 Å². The Balaban J connectivity index is 2.55. The van der Waals surface area contributed by atoms with Gasteiger partial charge in [0.05, 0.1) is 0 Å². The Kier molecular flexibility index (Phi) is 2.74. The van der Waals surface area contributed by atoms with E-state index in [9.17, 15) is 4.39 Å². The molecule has 0 aliphatic carbocycles. The highest BCUT2D eigenvalue weighted by Crippen LogP contribution is 2.20. The normalized spacial score (nSPS) is 33.8. The van der Waals surface area contributed by atoms with Crippen LogP contribution in [0.4, 0.5) is 4.39 Å². The molecule has 1 saturated heterocycles. The summed E-state index contributed by atoms with van der Waals surface area (Å²) in [5.41, 5.74) is 5.77. The van der Waals surface area contributed by atoms with Gasteiger partial charge in [-0.3, -0.25) is 4.90 Å². The van der Waals surface area contributed by atoms with Gasteiger partial charge in [-0.15, -0.1) is 0 Å². The highest BCUT2D eigenvalue weighted by Gasteiger charge is 2.31. The third-order valence-corrected chi connectivity index (χ3v) is 2.38. The fraction of sp³-hybridized carbons (Fsp3) is 1.00. The van der Waals surface area contributed by atoms with Crippen LogP contribution in [0.15, 0.2) is 0 Å². The lowest BCUT2D eigenvalue weighted by atomic mass is 9.98. The first-order valence-electron chi connectivity index (χ1n) is 4.54. The standard InChI is InChI=1S/C9H19FN2/c1-9(2,3)12-5-7(10)4-8(11)6-12/h7-8H,4-6,11H2,1-3H3/t7-,8+/m0/s1. The van der Waals surface area contributed by atoms with Crippen LogP contribution in [0, 0.1) is 0 Å². The average molecular weight is 174 g/mol. The molecule has 0 aromatic carbocycles. The fourth-order valence-corrected chi connectivity index (χ4v) is 1.62. The number of hydrogen-bond acceptors (Lipinski definition) is 2. The van der Waals surface area contributed by atoms with Gasteiger partial charge in [0.1, 0.15) is 6.17 Å². The summed E-state index contributed by atoms with van der Waals surface area (Å²) in [6.45, 7) is 7.65. The van der Waals surface area contributed by atoms with Crippen molar-refractivity contribution in [3.05, 3.63) is 0 Å². The molecule has 1 fully saturated rings. The predicted molar refractivity (Wildman–Crippen MR) is 48.8 cm³/mol. The number of piperidine rings is 1. The molecule has 0 bridgehead atoms. The first-order valence-corrected chi connectivity index (χ1v) is 4.54. The molecule has 2 atom stereocenters. The maximum Gasteiger partial charge on any atom is 0.114 e. The van der Waals surface area contributed by atoms with E-state index in [1.54, 1.807) is 0 Å². The molecule has 1 heterocycles. The van der Waals surface area contributed by atoms with Crippen molar-refractivity contribution in [2.45, 2.75) is 44.9 Å². The van der Waals surface area contributed by atoms with Gasteiger partial charge in [-0.25, -0.2) is 4.39 Å². The molecule has 1 aliphatic heterocycles. The molecule has 0 radical (unpaired) electrons. The Labute approximate surface area is 73.9 Å². The monoisotopic (exact) mass is 174 g/mol. The summed E-state index contributed by atoms with van der Waals surface area (Å²) >= 11 is 0. The van der Waals surface area contributed by atoms with Gasteiger partial charge >= 0.3 is 0 Å². The highest BCUT2D eigenvalue weighted by atomic mass is 19.1. The number of rotatable bonds is 0. The third-order valence-electron chi connectivity index (χ3n) is 2.38. The molecule has 12 heavy (non-hydrogen) atoms. The van der Waals surface area contributed by atoms with Crippen LogP contribution in [0.1, 0.15) is 27.2 Å². The molecule has 0 aromatic heterocycles. The number of nitrogens with two attached hydrogens (primary N) is 1. The number of halogens is 1. The van der Waals surface area contributed by atoms with Crippen molar-refractivity contribution in [3.63, 3.8) is 0 Å². The number of alkyl halides is 1. The SMILES string of the molecule is CC(C)(C)N1C[C@H](N)C[C@H](F)C1. The maximum absolute atomic E-state index is 13.1. The predicted octanol–water partition coefficient (Wildman–Crippen LogP) is 1.16. The summed E-state index contributed by atoms with van der Waals surface area (Å²) in [4.78, 5) is 2.12. The van der Waals surface area contributed by atoms with Crippen LogP contribution in [0.2, 0.25) is 0 Å². The summed E-state index contributed by atoms with van der Waals surface area (Å²) < 4.78 is 13.1. The molecule has 0 unspecified atom stereocenters. The lowest BCUT2D eigenvalue weighted by molar-refractivity contribution is 0.0521. The molecule has 0 spiro atoms. The molecule has 0 aromatic rings. The molecule has 3 heteroatoms. The van der Waals surface area contributed by atoms with Crippen molar-refractivity contribution in [3.8, 4) is 0 Å². The van der Waals surface area contributed by atoms with Crippen LogP contribution in [-0.2, 0) is 0 Å². The smallest absolute Gasteiger partial charge is 0.114 e. The summed E-state index contributed by atoms with van der Waals surface area (Å²) in [5.74, 6) is 0. The Morgan fingerprint density at radius 1 is 1.33 bits per heavy atom. The molecule has 0 amide bonds. The van der Waals surface area contributed by atoms with Crippen molar-refractivity contribution in [1.82, 2.24) is 4.90 Å². The van der Waals surface area contributed by atoms with Crippen LogP contribution in [0.3, 0.4) is 0 Å². The van der Waals surface area contributed by atoms with Crippen LogP contribution >= 0.6 is 0 Å². The molecular weight excluding hydrogens is 155 g/mol. The second-order valence-electron chi connectivity index (χ2n) is 4.67. The van der Waals surface area contributed by atoms with Gasteiger partial charge in [0, 0.05) is 24.7 Å². The Morgan fingerprint density at radius 2 is 1.92 bits per heavy atom. The number of nitrogens with zero attached hydrogens (tertiary/aromatic N) is 1. The van der Waals surface area contributed by atoms with Crippen LogP contribution < -0.4 is 5.73 Å². The third kappa shape index (κ3) is 2.42. The Morgan fingerprint density at radius 3 is 2.33 bits per heavy atom. The maximum atomic E-state index is 13.1. The van der Waals surface area contributed by atoms with Gasteiger partial charge in [0.25, 0.3) is 0 Å². The van der Waals surface area contributed by atoms with Crippen molar-refractivity contribution in [1.29, 1.82) is 0 Å². The minimum atomic E-state index is -0.743. The summed E-state index contributed by atoms with van der Waals surface area (Å²) in [6.07, 6.45) is -0.222. The molecular formula is C9H19FN2. The first-order chi connectivity index (χ1) is 5.39. The van der Waals surface area contributed by atoms with Crippen molar-refractivity contribution in [2.24, 2.45) is 5.73 Å². The fourth-order valence-electron chi connectivity index (χ4n) is 1.62. The van der Waals surface area contributed by atoms with Gasteiger partial charge in [0.2, 0.25) is 0 Å². The molecule has 2 N–H and O–H groups in total. The van der Waals surface area contributed by atoms with Crippen molar-refractivity contribution in [2.75, 3.05) is 13.1 Å². The van der Waals surface area contributed by atoms with E-state index in [2.05, 4.69) is 25.7 Å². The topological polar surface area (TPSA) is 29.3 Å². The van der Waals surface area contributed by atoms with E-state index in [0.29, 0.717) is 13.0 Å². The van der Waals surface area contributed by atoms with E-state index in [4.69, 9.17) is 5.73 Å². The Bertz CT molecular complexity index is 143. The van der Waals surface area contributed by atoms with E-state index in [-0.39, 0.29) is 11.6 Å². The molecule has 2 nitrogen and oxygen atoms in total. The average Bonchev–Trinajstić information content (AvgIpc) is 1.82. The minimum absolute atomic E-state index is 0.00738. The number of hydrogen-bond donors (Lipinski definition) is 1. The van der Waals surface area contributed by atoms with E-state index < -0.39 is 6.17 Å². The van der Waals surface area contributed by atoms with Gasteiger partial charge in [0.15, 0.2) is 0 Å².